The Kier molecular flexibility index (Phi) is 5.43. The van der Waals surface area contributed by atoms with Crippen LogP contribution >= 0.6 is 31.9 Å². The van der Waals surface area contributed by atoms with E-state index in [9.17, 15) is 0 Å². The molecule has 1 aromatic rings. The topological polar surface area (TPSA) is 87.6 Å². The molecule has 5 nitrogen and oxygen atoms in total. The Hall–Kier alpha value is -1.08. The average Bonchev–Trinajstić information content (AvgIpc) is 2.22. The van der Waals surface area contributed by atoms with E-state index < -0.39 is 0 Å². The minimum absolute atomic E-state index is 0.0340. The molecule has 0 radical (unpaired) electrons. The molecule has 0 aromatic heterocycles. The summed E-state index contributed by atoms with van der Waals surface area (Å²) in [6.45, 7) is 2.49. The number of ether oxygens (including phenoxy) is 1. The number of rotatable bonds is 4. The van der Waals surface area contributed by atoms with Gasteiger partial charge in [-0.3, -0.25) is 0 Å². The highest BCUT2D eigenvalue weighted by atomic mass is 79.9. The van der Waals surface area contributed by atoms with Crippen LogP contribution in [0.3, 0.4) is 0 Å². The third-order valence-corrected chi connectivity index (χ3v) is 2.79. The molecule has 0 amide bonds. The number of halogens is 2. The van der Waals surface area contributed by atoms with Crippen molar-refractivity contribution in [2.24, 2.45) is 16.6 Å². The molecule has 0 fully saturated rings. The lowest BCUT2D eigenvalue weighted by Crippen LogP contribution is -2.63. The maximum Gasteiger partial charge on any atom is 0.256 e. The Morgan fingerprint density at radius 3 is 2.76 bits per heavy atom. The van der Waals surface area contributed by atoms with E-state index in [0.29, 0.717) is 6.61 Å². The van der Waals surface area contributed by atoms with Gasteiger partial charge < -0.3 is 16.2 Å². The minimum atomic E-state index is -0.0340. The van der Waals surface area contributed by atoms with Gasteiger partial charge in [0.1, 0.15) is 5.75 Å². The molecule has 0 spiro atoms. The smallest absolute Gasteiger partial charge is 0.256 e. The van der Waals surface area contributed by atoms with E-state index in [-0.39, 0.29) is 5.96 Å². The van der Waals surface area contributed by atoms with E-state index in [0.717, 1.165) is 20.3 Å². The molecule has 0 aliphatic carbocycles. The Bertz CT molecular complexity index is 456. The maximum atomic E-state index is 5.53. The zero-order valence-corrected chi connectivity index (χ0v) is 12.4. The van der Waals surface area contributed by atoms with Crippen LogP contribution in [0.2, 0.25) is 0 Å². The number of nitrogens with zero attached hydrogens (tertiary/aromatic N) is 1. The number of hydrogen-bond acceptors (Lipinski definition) is 2. The van der Waals surface area contributed by atoms with Crippen LogP contribution in [-0.2, 0) is 0 Å². The maximum absolute atomic E-state index is 5.53. The quantitative estimate of drug-likeness (QED) is 0.408. The number of guanidine groups is 1. The third-order valence-electron chi connectivity index (χ3n) is 1.74. The first kappa shape index (κ1) is 14.0. The number of hydrogen-bond donors (Lipinski definition) is 3. The monoisotopic (exact) mass is 363 g/mol. The molecular weight excluding hydrogens is 352 g/mol. The molecular formula is C10H13Br2N4O+. The van der Waals surface area contributed by atoms with E-state index in [4.69, 9.17) is 16.2 Å². The van der Waals surface area contributed by atoms with Gasteiger partial charge >= 0.3 is 0 Å². The van der Waals surface area contributed by atoms with E-state index >= 15 is 0 Å². The van der Waals surface area contributed by atoms with Crippen LogP contribution in [0.5, 0.6) is 5.75 Å². The van der Waals surface area contributed by atoms with Crippen molar-refractivity contribution in [3.63, 3.8) is 0 Å². The molecule has 1 rings (SSSR count). The van der Waals surface area contributed by atoms with Crippen molar-refractivity contribution in [1.82, 2.24) is 0 Å². The highest BCUT2D eigenvalue weighted by molar-refractivity contribution is 9.11. The van der Waals surface area contributed by atoms with Crippen molar-refractivity contribution in [3.05, 3.63) is 26.6 Å². The number of nitrogens with one attached hydrogen (secondary N) is 1. The molecule has 5 N–H and O–H groups in total. The summed E-state index contributed by atoms with van der Waals surface area (Å²) in [5.74, 6) is 0.697. The second-order valence-electron chi connectivity index (χ2n) is 3.05. The lowest BCUT2D eigenvalue weighted by Gasteiger charge is -2.08. The summed E-state index contributed by atoms with van der Waals surface area (Å²) in [5.41, 5.74) is 11.2. The Morgan fingerprint density at radius 2 is 2.18 bits per heavy atom. The fraction of sp³-hybridized carbons (Fsp3) is 0.200. The van der Waals surface area contributed by atoms with Crippen LogP contribution in [0.15, 0.2) is 26.2 Å². The molecule has 1 aromatic carbocycles. The van der Waals surface area contributed by atoms with Crippen molar-refractivity contribution in [2.75, 3.05) is 6.61 Å². The molecule has 7 heteroatoms. The van der Waals surface area contributed by atoms with Crippen molar-refractivity contribution in [1.29, 1.82) is 0 Å². The van der Waals surface area contributed by atoms with Crippen molar-refractivity contribution in [2.45, 2.75) is 6.92 Å². The fourth-order valence-electron chi connectivity index (χ4n) is 1.16. The first-order chi connectivity index (χ1) is 8.04. The highest BCUT2D eigenvalue weighted by Gasteiger charge is 2.10. The number of nitrogens with two attached hydrogens (primary N) is 2. The highest BCUT2D eigenvalue weighted by Crippen LogP contribution is 2.31. The van der Waals surface area contributed by atoms with Gasteiger partial charge in [-0.2, -0.15) is 0 Å². The molecule has 0 heterocycles. The van der Waals surface area contributed by atoms with Gasteiger partial charge in [-0.1, -0.05) is 15.9 Å². The van der Waals surface area contributed by atoms with E-state index in [2.05, 4.69) is 42.1 Å². The molecule has 0 saturated heterocycles. The first-order valence-corrected chi connectivity index (χ1v) is 6.42. The zero-order chi connectivity index (χ0) is 12.8. The van der Waals surface area contributed by atoms with Crippen molar-refractivity contribution in [3.8, 4) is 5.75 Å². The van der Waals surface area contributed by atoms with Crippen LogP contribution < -0.4 is 21.3 Å². The SMILES string of the molecule is CCOc1c(Br)cc(Br)cc1/C=[NH+]\N=C(N)N. The molecule has 0 aliphatic rings. The van der Waals surface area contributed by atoms with Crippen LogP contribution in [0.1, 0.15) is 12.5 Å². The second kappa shape index (κ2) is 6.61. The molecule has 0 saturated carbocycles. The summed E-state index contributed by atoms with van der Waals surface area (Å²) in [6, 6.07) is 3.80. The summed E-state index contributed by atoms with van der Waals surface area (Å²) in [6.07, 6.45) is 1.65. The fourth-order valence-corrected chi connectivity index (χ4v) is 2.53. The Morgan fingerprint density at radius 1 is 1.47 bits per heavy atom. The standard InChI is InChI=1S/C10H12Br2N4O/c1-2-17-9-6(5-15-16-10(13)14)3-7(11)4-8(9)12/h3-5H,2H2,1H3,(H4,13,14,16)/p+1/b15-5-. The summed E-state index contributed by atoms with van der Waals surface area (Å²) in [7, 11) is 0. The molecule has 0 aliphatic heterocycles. The first-order valence-electron chi connectivity index (χ1n) is 4.83. The van der Waals surface area contributed by atoms with Gasteiger partial charge in [0.15, 0.2) is 0 Å². The van der Waals surface area contributed by atoms with E-state index in [1.807, 2.05) is 19.1 Å². The summed E-state index contributed by atoms with van der Waals surface area (Å²) < 4.78 is 7.31. The van der Waals surface area contributed by atoms with E-state index in [1.54, 1.807) is 6.21 Å². The molecule has 0 bridgehead atoms. The lowest BCUT2D eigenvalue weighted by molar-refractivity contribution is -0.456. The summed E-state index contributed by atoms with van der Waals surface area (Å²) in [4.78, 5) is 0. The molecule has 92 valence electrons. The van der Waals surface area contributed by atoms with Gasteiger partial charge in [0.25, 0.3) is 5.96 Å². The Balaban J connectivity index is 3.11. The molecule has 17 heavy (non-hydrogen) atoms. The Labute approximate surface area is 116 Å². The predicted octanol–water partition coefficient (Wildman–Crippen LogP) is 0.298. The van der Waals surface area contributed by atoms with Gasteiger partial charge in [0.05, 0.1) is 16.6 Å². The van der Waals surface area contributed by atoms with Crippen LogP contribution in [0.25, 0.3) is 0 Å². The van der Waals surface area contributed by atoms with Crippen molar-refractivity contribution >= 4 is 44.0 Å². The minimum Gasteiger partial charge on any atom is -0.492 e. The third kappa shape index (κ3) is 4.35. The largest absolute Gasteiger partial charge is 0.492 e. The van der Waals surface area contributed by atoms with Gasteiger partial charge in [-0.05, 0) is 35.0 Å². The second-order valence-corrected chi connectivity index (χ2v) is 4.82. The van der Waals surface area contributed by atoms with E-state index in [1.165, 1.54) is 0 Å². The van der Waals surface area contributed by atoms with Gasteiger partial charge in [-0.15, -0.1) is 5.10 Å². The average molecular weight is 365 g/mol. The van der Waals surface area contributed by atoms with Gasteiger partial charge in [0, 0.05) is 9.57 Å². The predicted molar refractivity (Wildman–Crippen MR) is 74.9 cm³/mol. The summed E-state index contributed by atoms with van der Waals surface area (Å²) >= 11 is 6.83. The molecule has 0 unspecified atom stereocenters. The van der Waals surface area contributed by atoms with Crippen LogP contribution in [0, 0.1) is 0 Å². The van der Waals surface area contributed by atoms with Crippen LogP contribution in [0.4, 0.5) is 0 Å². The lowest BCUT2D eigenvalue weighted by atomic mass is 10.2. The zero-order valence-electron chi connectivity index (χ0n) is 9.21. The number of hydrazone groups is 1. The summed E-state index contributed by atoms with van der Waals surface area (Å²) in [5, 5.41) is 6.31. The van der Waals surface area contributed by atoms with Crippen molar-refractivity contribution < 1.29 is 9.84 Å². The van der Waals surface area contributed by atoms with Gasteiger partial charge in [0.2, 0.25) is 6.21 Å². The number of benzene rings is 1. The molecule has 0 atom stereocenters. The van der Waals surface area contributed by atoms with Crippen LogP contribution in [-0.4, -0.2) is 18.8 Å². The normalized spacial score (nSPS) is 10.5. The van der Waals surface area contributed by atoms with Gasteiger partial charge in [-0.25, -0.2) is 0 Å².